The van der Waals surface area contributed by atoms with Gasteiger partial charge in [-0.2, -0.15) is 0 Å². The molecule has 0 spiro atoms. The van der Waals surface area contributed by atoms with E-state index in [1.54, 1.807) is 0 Å². The van der Waals surface area contributed by atoms with Crippen molar-refractivity contribution in [2.75, 3.05) is 39.8 Å². The van der Waals surface area contributed by atoms with Gasteiger partial charge in [-0.05, 0) is 83.7 Å². The molecule has 0 radical (unpaired) electrons. The van der Waals surface area contributed by atoms with Gasteiger partial charge in [-0.15, -0.1) is 0 Å². The summed E-state index contributed by atoms with van der Waals surface area (Å²) in [6, 6.07) is 0. The van der Waals surface area contributed by atoms with Gasteiger partial charge < -0.3 is 9.80 Å². The molecule has 1 atom stereocenters. The fraction of sp³-hybridized carbons (Fsp3) is 1.00. The molecule has 2 saturated heterocycles. The van der Waals surface area contributed by atoms with E-state index in [0.717, 1.165) is 11.8 Å². The van der Waals surface area contributed by atoms with E-state index in [-0.39, 0.29) is 0 Å². The van der Waals surface area contributed by atoms with Crippen LogP contribution in [0.4, 0.5) is 0 Å². The minimum atomic E-state index is 0.969. The van der Waals surface area contributed by atoms with Crippen LogP contribution in [0.3, 0.4) is 0 Å². The SMILES string of the molecule is CC1CCN(CCC2CCCCN(C)CC2)CC1. The molecule has 2 heteroatoms. The van der Waals surface area contributed by atoms with E-state index in [2.05, 4.69) is 23.8 Å². The van der Waals surface area contributed by atoms with Gasteiger partial charge in [0.1, 0.15) is 0 Å². The summed E-state index contributed by atoms with van der Waals surface area (Å²) in [4.78, 5) is 5.23. The molecule has 0 amide bonds. The summed E-state index contributed by atoms with van der Waals surface area (Å²) in [5.74, 6) is 1.96. The zero-order valence-electron chi connectivity index (χ0n) is 12.5. The molecule has 0 aromatic carbocycles. The number of hydrogen-bond donors (Lipinski definition) is 0. The molecular weight excluding hydrogens is 220 g/mol. The lowest BCUT2D eigenvalue weighted by atomic mass is 9.92. The van der Waals surface area contributed by atoms with Crippen LogP contribution in [0, 0.1) is 11.8 Å². The summed E-state index contributed by atoms with van der Waals surface area (Å²) in [6.45, 7) is 9.11. The Hall–Kier alpha value is -0.0800. The zero-order chi connectivity index (χ0) is 12.8. The smallest absolute Gasteiger partial charge is 0.00161 e. The number of piperidine rings is 1. The highest BCUT2D eigenvalue weighted by atomic mass is 15.1. The van der Waals surface area contributed by atoms with Gasteiger partial charge in [0.05, 0.1) is 0 Å². The van der Waals surface area contributed by atoms with Crippen molar-refractivity contribution in [3.63, 3.8) is 0 Å². The summed E-state index contributed by atoms with van der Waals surface area (Å²) in [7, 11) is 2.29. The van der Waals surface area contributed by atoms with Gasteiger partial charge in [-0.1, -0.05) is 19.8 Å². The predicted octanol–water partition coefficient (Wildman–Crippen LogP) is 3.23. The molecule has 0 aliphatic carbocycles. The Morgan fingerprint density at radius 1 is 0.889 bits per heavy atom. The highest BCUT2D eigenvalue weighted by Gasteiger charge is 2.18. The van der Waals surface area contributed by atoms with Crippen molar-refractivity contribution < 1.29 is 0 Å². The van der Waals surface area contributed by atoms with E-state index in [0.29, 0.717) is 0 Å². The zero-order valence-corrected chi connectivity index (χ0v) is 12.5. The first-order chi connectivity index (χ1) is 8.74. The third-order valence-electron chi connectivity index (χ3n) is 5.05. The lowest BCUT2D eigenvalue weighted by molar-refractivity contribution is 0.170. The van der Waals surface area contributed by atoms with Gasteiger partial charge in [0.25, 0.3) is 0 Å². The Labute approximate surface area is 114 Å². The maximum atomic E-state index is 2.71. The Balaban J connectivity index is 1.65. The number of likely N-dealkylation sites (tertiary alicyclic amines) is 2. The number of nitrogens with zero attached hydrogens (tertiary/aromatic N) is 2. The van der Waals surface area contributed by atoms with E-state index in [1.807, 2.05) is 0 Å². The highest BCUT2D eigenvalue weighted by Crippen LogP contribution is 2.22. The molecule has 1 unspecified atom stereocenters. The van der Waals surface area contributed by atoms with E-state index < -0.39 is 0 Å². The van der Waals surface area contributed by atoms with Crippen LogP contribution >= 0.6 is 0 Å². The highest BCUT2D eigenvalue weighted by molar-refractivity contribution is 4.72. The van der Waals surface area contributed by atoms with Crippen LogP contribution < -0.4 is 0 Å². The molecule has 0 aromatic rings. The van der Waals surface area contributed by atoms with Crippen LogP contribution in [0.5, 0.6) is 0 Å². The molecule has 2 heterocycles. The van der Waals surface area contributed by atoms with E-state index in [1.165, 1.54) is 77.7 Å². The molecule has 106 valence electrons. The largest absolute Gasteiger partial charge is 0.306 e. The van der Waals surface area contributed by atoms with E-state index in [9.17, 15) is 0 Å². The van der Waals surface area contributed by atoms with E-state index >= 15 is 0 Å². The molecule has 0 N–H and O–H groups in total. The minimum Gasteiger partial charge on any atom is -0.306 e. The summed E-state index contributed by atoms with van der Waals surface area (Å²) < 4.78 is 0. The van der Waals surface area contributed by atoms with Crippen LogP contribution in [0.25, 0.3) is 0 Å². The van der Waals surface area contributed by atoms with Crippen LogP contribution in [0.1, 0.15) is 51.9 Å². The van der Waals surface area contributed by atoms with Crippen molar-refractivity contribution in [2.24, 2.45) is 11.8 Å². The Bertz CT molecular complexity index is 221. The second kappa shape index (κ2) is 7.49. The lowest BCUT2D eigenvalue weighted by Crippen LogP contribution is -2.35. The molecule has 18 heavy (non-hydrogen) atoms. The molecule has 0 saturated carbocycles. The van der Waals surface area contributed by atoms with Gasteiger partial charge in [0.2, 0.25) is 0 Å². The predicted molar refractivity (Wildman–Crippen MR) is 78.9 cm³/mol. The third kappa shape index (κ3) is 4.89. The fourth-order valence-corrected chi connectivity index (χ4v) is 3.41. The Morgan fingerprint density at radius 2 is 1.67 bits per heavy atom. The summed E-state index contributed by atoms with van der Waals surface area (Å²) in [5, 5.41) is 0. The topological polar surface area (TPSA) is 6.48 Å². The molecule has 2 nitrogen and oxygen atoms in total. The van der Waals surface area contributed by atoms with Gasteiger partial charge >= 0.3 is 0 Å². The van der Waals surface area contributed by atoms with Crippen LogP contribution in [0.15, 0.2) is 0 Å². The number of rotatable bonds is 3. The molecule has 2 aliphatic rings. The number of hydrogen-bond acceptors (Lipinski definition) is 2. The average molecular weight is 252 g/mol. The minimum absolute atomic E-state index is 0.969. The average Bonchev–Trinajstić information content (AvgIpc) is 2.36. The Morgan fingerprint density at radius 3 is 2.44 bits per heavy atom. The Kier molecular flexibility index (Phi) is 5.97. The first kappa shape index (κ1) is 14.3. The standard InChI is InChI=1S/C16H32N2/c1-15-6-12-18(13-7-15)14-9-16-5-3-4-10-17(2)11-8-16/h15-16H,3-14H2,1-2H3. The summed E-state index contributed by atoms with van der Waals surface area (Å²) in [5.41, 5.74) is 0. The van der Waals surface area contributed by atoms with Crippen LogP contribution in [-0.4, -0.2) is 49.6 Å². The van der Waals surface area contributed by atoms with Gasteiger partial charge in [-0.25, -0.2) is 0 Å². The van der Waals surface area contributed by atoms with Gasteiger partial charge in [-0.3, -0.25) is 0 Å². The first-order valence-corrected chi connectivity index (χ1v) is 8.15. The molecule has 0 bridgehead atoms. The van der Waals surface area contributed by atoms with Gasteiger partial charge in [0, 0.05) is 0 Å². The van der Waals surface area contributed by atoms with Crippen molar-refractivity contribution in [3.05, 3.63) is 0 Å². The molecule has 2 aliphatic heterocycles. The summed E-state index contributed by atoms with van der Waals surface area (Å²) >= 11 is 0. The molecule has 2 fully saturated rings. The maximum absolute atomic E-state index is 2.71. The summed E-state index contributed by atoms with van der Waals surface area (Å²) in [6.07, 6.45) is 10.1. The van der Waals surface area contributed by atoms with Crippen molar-refractivity contribution in [1.82, 2.24) is 9.80 Å². The maximum Gasteiger partial charge on any atom is -0.00161 e. The van der Waals surface area contributed by atoms with Crippen molar-refractivity contribution in [3.8, 4) is 0 Å². The van der Waals surface area contributed by atoms with E-state index in [4.69, 9.17) is 0 Å². The van der Waals surface area contributed by atoms with Crippen molar-refractivity contribution in [2.45, 2.75) is 51.9 Å². The van der Waals surface area contributed by atoms with Gasteiger partial charge in [0.15, 0.2) is 0 Å². The lowest BCUT2D eigenvalue weighted by Gasteiger charge is -2.32. The second-order valence-corrected chi connectivity index (χ2v) is 6.77. The molecule has 0 aromatic heterocycles. The van der Waals surface area contributed by atoms with Crippen LogP contribution in [0.2, 0.25) is 0 Å². The van der Waals surface area contributed by atoms with Crippen molar-refractivity contribution >= 4 is 0 Å². The third-order valence-corrected chi connectivity index (χ3v) is 5.05. The van der Waals surface area contributed by atoms with Crippen molar-refractivity contribution in [1.29, 1.82) is 0 Å². The van der Waals surface area contributed by atoms with Crippen LogP contribution in [-0.2, 0) is 0 Å². The molecule has 2 rings (SSSR count). The normalized spacial score (nSPS) is 30.0. The quantitative estimate of drug-likeness (QED) is 0.761. The first-order valence-electron chi connectivity index (χ1n) is 8.15. The monoisotopic (exact) mass is 252 g/mol. The fourth-order valence-electron chi connectivity index (χ4n) is 3.41. The molecular formula is C16H32N2. The second-order valence-electron chi connectivity index (χ2n) is 6.77.